The lowest BCUT2D eigenvalue weighted by molar-refractivity contribution is -0.113. The van der Waals surface area contributed by atoms with Crippen molar-refractivity contribution >= 4 is 21.8 Å². The van der Waals surface area contributed by atoms with Gasteiger partial charge in [0.25, 0.3) is 5.91 Å². The van der Waals surface area contributed by atoms with Crippen LogP contribution in [0.15, 0.2) is 41.3 Å². The minimum absolute atomic E-state index is 0.253. The predicted molar refractivity (Wildman–Crippen MR) is 109 cm³/mol. The van der Waals surface area contributed by atoms with Gasteiger partial charge in [-0.15, -0.1) is 0 Å². The molecule has 8 nitrogen and oxygen atoms in total. The summed E-state index contributed by atoms with van der Waals surface area (Å²) in [5.74, 6) is 0.0618. The summed E-state index contributed by atoms with van der Waals surface area (Å²) >= 11 is 0. The van der Waals surface area contributed by atoms with E-state index in [0.29, 0.717) is 17.1 Å². The summed E-state index contributed by atoms with van der Waals surface area (Å²) in [6, 6.07) is 9.56. The molecule has 2 aromatic rings. The number of nitrogens with two attached hydrogens (primary N) is 1. The highest BCUT2D eigenvalue weighted by atomic mass is 32.2. The van der Waals surface area contributed by atoms with E-state index in [4.69, 9.17) is 24.7 Å². The first-order valence-electron chi connectivity index (χ1n) is 8.43. The lowest BCUT2D eigenvalue weighted by atomic mass is 10.1. The molecule has 2 rings (SSSR count). The van der Waals surface area contributed by atoms with E-state index in [-0.39, 0.29) is 17.1 Å². The molecule has 156 valence electrons. The number of rotatable bonds is 9. The van der Waals surface area contributed by atoms with Crippen LogP contribution >= 0.6 is 0 Å². The topological polar surface area (TPSA) is 114 Å². The molecule has 0 aliphatic carbocycles. The van der Waals surface area contributed by atoms with Gasteiger partial charge in [-0.2, -0.15) is 0 Å². The highest BCUT2D eigenvalue weighted by Gasteiger charge is 2.25. The molecular formula is C20H23NO7S. The fraction of sp³-hybridized carbons (Fsp3) is 0.250. The Labute approximate surface area is 169 Å². The van der Waals surface area contributed by atoms with Gasteiger partial charge in [-0.25, -0.2) is 8.42 Å². The number of benzene rings is 2. The molecule has 2 N–H and O–H groups in total. The monoisotopic (exact) mass is 421 g/mol. The van der Waals surface area contributed by atoms with Crippen LogP contribution in [0.3, 0.4) is 0 Å². The Morgan fingerprint density at radius 2 is 1.41 bits per heavy atom. The van der Waals surface area contributed by atoms with Crippen LogP contribution in [-0.4, -0.2) is 42.8 Å². The van der Waals surface area contributed by atoms with E-state index in [9.17, 15) is 13.2 Å². The van der Waals surface area contributed by atoms with Crippen molar-refractivity contribution < 1.29 is 32.2 Å². The fourth-order valence-electron chi connectivity index (χ4n) is 2.64. The van der Waals surface area contributed by atoms with Gasteiger partial charge in [0.15, 0.2) is 9.84 Å². The van der Waals surface area contributed by atoms with Gasteiger partial charge in [-0.3, -0.25) is 4.79 Å². The highest BCUT2D eigenvalue weighted by Crippen LogP contribution is 2.36. The van der Waals surface area contributed by atoms with Crippen LogP contribution in [0.2, 0.25) is 0 Å². The average molecular weight is 421 g/mol. The van der Waals surface area contributed by atoms with Crippen LogP contribution in [0.1, 0.15) is 11.1 Å². The van der Waals surface area contributed by atoms with Crippen LogP contribution in [0, 0.1) is 0 Å². The fourth-order valence-corrected chi connectivity index (χ4v) is 4.03. The maximum Gasteiger partial charge on any atom is 0.260 e. The third kappa shape index (κ3) is 5.20. The summed E-state index contributed by atoms with van der Waals surface area (Å²) in [6.07, 6.45) is 1.15. The standard InChI is InChI=1S/C20H23NO7S/c1-25-14-7-5-13(6-8-14)12-29(23,24)19(20(21)22)11-16-17(27-3)9-15(26-2)10-18(16)28-4/h5-11H,12H2,1-4H3,(H2,21,22)/b19-11-. The Kier molecular flexibility index (Phi) is 7.11. The molecule has 0 radical (unpaired) electrons. The van der Waals surface area contributed by atoms with Crippen molar-refractivity contribution in [2.75, 3.05) is 28.4 Å². The third-order valence-electron chi connectivity index (χ3n) is 4.12. The second-order valence-corrected chi connectivity index (χ2v) is 7.88. The molecule has 9 heteroatoms. The third-order valence-corrected chi connectivity index (χ3v) is 5.82. The average Bonchev–Trinajstić information content (AvgIpc) is 2.71. The first kappa shape index (κ1) is 22.1. The second kappa shape index (κ2) is 9.33. The van der Waals surface area contributed by atoms with E-state index >= 15 is 0 Å². The number of carbonyl (C=O) groups is 1. The van der Waals surface area contributed by atoms with Gasteiger partial charge in [-0.1, -0.05) is 12.1 Å². The van der Waals surface area contributed by atoms with Gasteiger partial charge in [-0.05, 0) is 23.8 Å². The molecule has 2 aromatic carbocycles. The summed E-state index contributed by atoms with van der Waals surface area (Å²) in [4.78, 5) is 11.5. The van der Waals surface area contributed by atoms with E-state index in [2.05, 4.69) is 0 Å². The molecule has 0 saturated heterocycles. The van der Waals surface area contributed by atoms with E-state index in [1.54, 1.807) is 36.4 Å². The summed E-state index contributed by atoms with van der Waals surface area (Å²) in [5, 5.41) is 0. The van der Waals surface area contributed by atoms with Crippen molar-refractivity contribution in [3.8, 4) is 23.0 Å². The number of carbonyl (C=O) groups excluding carboxylic acids is 1. The molecule has 0 unspecified atom stereocenters. The molecule has 1 amide bonds. The minimum Gasteiger partial charge on any atom is -0.497 e. The molecule has 0 aliphatic heterocycles. The first-order valence-corrected chi connectivity index (χ1v) is 10.1. The molecule has 0 atom stereocenters. The molecule has 0 saturated carbocycles. The summed E-state index contributed by atoms with van der Waals surface area (Å²) < 4.78 is 46.7. The normalized spacial score (nSPS) is 11.7. The van der Waals surface area contributed by atoms with Crippen molar-refractivity contribution in [3.63, 3.8) is 0 Å². The number of primary amides is 1. The zero-order valence-electron chi connectivity index (χ0n) is 16.6. The largest absolute Gasteiger partial charge is 0.497 e. The van der Waals surface area contributed by atoms with Crippen molar-refractivity contribution in [2.45, 2.75) is 5.75 Å². The molecule has 0 aromatic heterocycles. The Morgan fingerprint density at radius 1 is 0.897 bits per heavy atom. The van der Waals surface area contributed by atoms with Crippen molar-refractivity contribution in [3.05, 3.63) is 52.4 Å². The maximum atomic E-state index is 12.9. The number of methoxy groups -OCH3 is 4. The lowest BCUT2D eigenvalue weighted by Gasteiger charge is -2.14. The van der Waals surface area contributed by atoms with Gasteiger partial charge in [0.05, 0.1) is 39.8 Å². The van der Waals surface area contributed by atoms with Crippen LogP contribution in [0.4, 0.5) is 0 Å². The Balaban J connectivity index is 2.55. The Morgan fingerprint density at radius 3 is 1.83 bits per heavy atom. The predicted octanol–water partition coefficient (Wildman–Crippen LogP) is 2.16. The van der Waals surface area contributed by atoms with Crippen LogP contribution in [0.5, 0.6) is 23.0 Å². The molecule has 0 spiro atoms. The van der Waals surface area contributed by atoms with E-state index < -0.39 is 26.4 Å². The Bertz CT molecular complexity index is 987. The number of ether oxygens (including phenoxy) is 4. The van der Waals surface area contributed by atoms with Crippen LogP contribution in [-0.2, 0) is 20.4 Å². The van der Waals surface area contributed by atoms with E-state index in [1.165, 1.54) is 28.4 Å². The first-order chi connectivity index (χ1) is 13.7. The lowest BCUT2D eigenvalue weighted by Crippen LogP contribution is -2.22. The van der Waals surface area contributed by atoms with Crippen molar-refractivity contribution in [1.82, 2.24) is 0 Å². The summed E-state index contributed by atoms with van der Waals surface area (Å²) in [5.41, 5.74) is 6.13. The number of sulfone groups is 1. The molecule has 0 aliphatic rings. The van der Waals surface area contributed by atoms with Crippen LogP contribution < -0.4 is 24.7 Å². The number of amides is 1. The van der Waals surface area contributed by atoms with Gasteiger partial charge in [0, 0.05) is 12.1 Å². The zero-order valence-corrected chi connectivity index (χ0v) is 17.4. The number of hydrogen-bond acceptors (Lipinski definition) is 7. The van der Waals surface area contributed by atoms with E-state index in [1.807, 2.05) is 0 Å². The highest BCUT2D eigenvalue weighted by molar-refractivity contribution is 7.95. The molecular weight excluding hydrogens is 398 g/mol. The summed E-state index contributed by atoms with van der Waals surface area (Å²) in [7, 11) is 1.73. The van der Waals surface area contributed by atoms with Crippen molar-refractivity contribution in [1.29, 1.82) is 0 Å². The molecule has 0 bridgehead atoms. The van der Waals surface area contributed by atoms with Crippen molar-refractivity contribution in [2.24, 2.45) is 5.73 Å². The Hall–Kier alpha value is -3.20. The van der Waals surface area contributed by atoms with E-state index in [0.717, 1.165) is 6.08 Å². The molecule has 29 heavy (non-hydrogen) atoms. The van der Waals surface area contributed by atoms with Gasteiger partial charge in [0.2, 0.25) is 0 Å². The van der Waals surface area contributed by atoms with Gasteiger partial charge in [0.1, 0.15) is 27.9 Å². The molecule has 0 fully saturated rings. The van der Waals surface area contributed by atoms with Crippen LogP contribution in [0.25, 0.3) is 6.08 Å². The quantitative estimate of drug-likeness (QED) is 0.617. The maximum absolute atomic E-state index is 12.9. The smallest absolute Gasteiger partial charge is 0.260 e. The van der Waals surface area contributed by atoms with Gasteiger partial charge >= 0.3 is 0 Å². The summed E-state index contributed by atoms with van der Waals surface area (Å²) in [6.45, 7) is 0. The zero-order chi connectivity index (χ0) is 21.6. The second-order valence-electron chi connectivity index (χ2n) is 5.93. The van der Waals surface area contributed by atoms with Gasteiger partial charge < -0.3 is 24.7 Å². The molecule has 0 heterocycles. The minimum atomic E-state index is -4.05. The number of hydrogen-bond donors (Lipinski definition) is 1. The SMILES string of the molecule is COc1ccc(CS(=O)(=O)/C(=C\c2c(OC)cc(OC)cc2OC)C(N)=O)cc1.